The number of hydrogen-bond acceptors (Lipinski definition) is 3. The molecule has 4 nitrogen and oxygen atoms in total. The summed E-state index contributed by atoms with van der Waals surface area (Å²) in [5, 5.41) is 3.11. The molecule has 4 rings (SSSR count). The number of nitrogens with zero attached hydrogens (tertiary/aromatic N) is 1. The zero-order valence-electron chi connectivity index (χ0n) is 17.7. The number of benzene rings is 3. The first-order chi connectivity index (χ1) is 15.3. The van der Waals surface area contributed by atoms with Crippen molar-refractivity contribution in [3.63, 3.8) is 0 Å². The van der Waals surface area contributed by atoms with Gasteiger partial charge in [0.2, 0.25) is 0 Å². The average molecular weight is 413 g/mol. The standard InChI is InChI=1S/C27H28N2O2/c30-27(26(25-12-5-2-6-13-25)19-22-8-3-1-4-9-22)28-20-23-10-7-11-24(18-23)21-29-14-16-31-17-15-29/h1-13,18-19H,14-17,20-21H2,(H,28,30)/b26-19+. The van der Waals surface area contributed by atoms with E-state index in [1.54, 1.807) is 0 Å². The fraction of sp³-hybridized carbons (Fsp3) is 0.222. The number of carbonyl (C=O) groups is 1. The lowest BCUT2D eigenvalue weighted by Gasteiger charge is -2.26. The van der Waals surface area contributed by atoms with E-state index in [1.165, 1.54) is 5.56 Å². The molecular formula is C27H28N2O2. The van der Waals surface area contributed by atoms with E-state index < -0.39 is 0 Å². The van der Waals surface area contributed by atoms with Gasteiger partial charge in [-0.1, -0.05) is 84.9 Å². The van der Waals surface area contributed by atoms with E-state index in [2.05, 4.69) is 34.5 Å². The molecule has 0 aliphatic carbocycles. The molecule has 0 bridgehead atoms. The summed E-state index contributed by atoms with van der Waals surface area (Å²) >= 11 is 0. The Bertz CT molecular complexity index is 1010. The Kier molecular flexibility index (Phi) is 7.27. The van der Waals surface area contributed by atoms with Gasteiger partial charge < -0.3 is 10.1 Å². The summed E-state index contributed by atoms with van der Waals surface area (Å²) in [4.78, 5) is 15.5. The summed E-state index contributed by atoms with van der Waals surface area (Å²) < 4.78 is 5.43. The highest BCUT2D eigenvalue weighted by atomic mass is 16.5. The van der Waals surface area contributed by atoms with Gasteiger partial charge in [-0.3, -0.25) is 9.69 Å². The van der Waals surface area contributed by atoms with Crippen molar-refractivity contribution < 1.29 is 9.53 Å². The second kappa shape index (κ2) is 10.7. The molecule has 0 saturated carbocycles. The largest absolute Gasteiger partial charge is 0.379 e. The Morgan fingerprint density at radius 3 is 2.29 bits per heavy atom. The molecule has 1 N–H and O–H groups in total. The topological polar surface area (TPSA) is 41.6 Å². The molecule has 0 spiro atoms. The quantitative estimate of drug-likeness (QED) is 0.463. The zero-order valence-corrected chi connectivity index (χ0v) is 17.7. The van der Waals surface area contributed by atoms with Crippen molar-refractivity contribution in [2.24, 2.45) is 0 Å². The van der Waals surface area contributed by atoms with Gasteiger partial charge >= 0.3 is 0 Å². The zero-order chi connectivity index (χ0) is 21.3. The molecule has 0 atom stereocenters. The third kappa shape index (κ3) is 6.14. The normalized spacial score (nSPS) is 14.9. The van der Waals surface area contributed by atoms with E-state index in [0.717, 1.165) is 49.5 Å². The summed E-state index contributed by atoms with van der Waals surface area (Å²) in [6.07, 6.45) is 1.94. The van der Waals surface area contributed by atoms with Crippen molar-refractivity contribution in [1.29, 1.82) is 0 Å². The molecule has 1 fully saturated rings. The number of hydrogen-bond donors (Lipinski definition) is 1. The van der Waals surface area contributed by atoms with E-state index in [0.29, 0.717) is 12.1 Å². The number of carbonyl (C=O) groups excluding carboxylic acids is 1. The van der Waals surface area contributed by atoms with E-state index >= 15 is 0 Å². The predicted molar refractivity (Wildman–Crippen MR) is 125 cm³/mol. The molecule has 0 radical (unpaired) electrons. The van der Waals surface area contributed by atoms with Crippen molar-refractivity contribution in [2.45, 2.75) is 13.1 Å². The third-order valence-electron chi connectivity index (χ3n) is 5.39. The number of ether oxygens (including phenoxy) is 1. The highest BCUT2D eigenvalue weighted by molar-refractivity contribution is 6.24. The molecule has 31 heavy (non-hydrogen) atoms. The molecular weight excluding hydrogens is 384 g/mol. The number of rotatable bonds is 7. The van der Waals surface area contributed by atoms with Crippen molar-refractivity contribution >= 4 is 17.6 Å². The van der Waals surface area contributed by atoms with Crippen LogP contribution in [0.1, 0.15) is 22.3 Å². The predicted octanol–water partition coefficient (Wildman–Crippen LogP) is 4.38. The minimum Gasteiger partial charge on any atom is -0.379 e. The summed E-state index contributed by atoms with van der Waals surface area (Å²) in [7, 11) is 0. The molecule has 0 unspecified atom stereocenters. The molecule has 3 aromatic rings. The molecule has 158 valence electrons. The molecule has 4 heteroatoms. The summed E-state index contributed by atoms with van der Waals surface area (Å²) in [5.74, 6) is -0.0753. The van der Waals surface area contributed by atoms with Gasteiger partial charge in [-0.25, -0.2) is 0 Å². The molecule has 1 saturated heterocycles. The Morgan fingerprint density at radius 1 is 0.871 bits per heavy atom. The molecule has 1 aliphatic rings. The van der Waals surface area contributed by atoms with Crippen LogP contribution in [0.15, 0.2) is 84.9 Å². The Hall–Kier alpha value is -3.21. The average Bonchev–Trinajstić information content (AvgIpc) is 2.83. The highest BCUT2D eigenvalue weighted by Crippen LogP contribution is 2.19. The number of nitrogens with one attached hydrogen (secondary N) is 1. The van der Waals surface area contributed by atoms with E-state index in [1.807, 2.05) is 66.7 Å². The van der Waals surface area contributed by atoms with Crippen molar-refractivity contribution in [3.8, 4) is 0 Å². The molecule has 1 amide bonds. The lowest BCUT2D eigenvalue weighted by atomic mass is 10.0. The number of morpholine rings is 1. The van der Waals surface area contributed by atoms with E-state index in [4.69, 9.17) is 4.74 Å². The number of amides is 1. The fourth-order valence-corrected chi connectivity index (χ4v) is 3.75. The van der Waals surface area contributed by atoms with Gasteiger partial charge in [0.25, 0.3) is 5.91 Å². The molecule has 0 aromatic heterocycles. The van der Waals surface area contributed by atoms with Crippen LogP contribution in [0.25, 0.3) is 11.6 Å². The lowest BCUT2D eigenvalue weighted by molar-refractivity contribution is -0.115. The molecule has 3 aromatic carbocycles. The fourth-order valence-electron chi connectivity index (χ4n) is 3.75. The Morgan fingerprint density at radius 2 is 1.55 bits per heavy atom. The minimum absolute atomic E-state index is 0.0753. The van der Waals surface area contributed by atoms with Gasteiger partial charge in [0, 0.05) is 31.8 Å². The van der Waals surface area contributed by atoms with Gasteiger partial charge in [0.05, 0.1) is 13.2 Å². The summed E-state index contributed by atoms with van der Waals surface area (Å²) in [6, 6.07) is 28.2. The maximum Gasteiger partial charge on any atom is 0.252 e. The van der Waals surface area contributed by atoms with Crippen LogP contribution >= 0.6 is 0 Å². The van der Waals surface area contributed by atoms with Crippen molar-refractivity contribution in [3.05, 3.63) is 107 Å². The Balaban J connectivity index is 1.45. The van der Waals surface area contributed by atoms with Crippen LogP contribution in [0.5, 0.6) is 0 Å². The Labute approximate surface area is 184 Å². The molecule has 1 aliphatic heterocycles. The van der Waals surface area contributed by atoms with Gasteiger partial charge in [-0.2, -0.15) is 0 Å². The van der Waals surface area contributed by atoms with Crippen LogP contribution in [-0.2, 0) is 22.6 Å². The second-order valence-corrected chi connectivity index (χ2v) is 7.73. The lowest BCUT2D eigenvalue weighted by Crippen LogP contribution is -2.35. The second-order valence-electron chi connectivity index (χ2n) is 7.73. The van der Waals surface area contributed by atoms with Gasteiger partial charge in [0.1, 0.15) is 0 Å². The van der Waals surface area contributed by atoms with Crippen molar-refractivity contribution in [1.82, 2.24) is 10.2 Å². The van der Waals surface area contributed by atoms with Crippen LogP contribution in [0, 0.1) is 0 Å². The van der Waals surface area contributed by atoms with Gasteiger partial charge in [-0.05, 0) is 28.3 Å². The van der Waals surface area contributed by atoms with E-state index in [-0.39, 0.29) is 5.91 Å². The van der Waals surface area contributed by atoms with Crippen LogP contribution < -0.4 is 5.32 Å². The van der Waals surface area contributed by atoms with Gasteiger partial charge in [-0.15, -0.1) is 0 Å². The summed E-state index contributed by atoms with van der Waals surface area (Å²) in [5.41, 5.74) is 4.94. The summed E-state index contributed by atoms with van der Waals surface area (Å²) in [6.45, 7) is 4.93. The smallest absolute Gasteiger partial charge is 0.252 e. The maximum atomic E-state index is 13.1. The van der Waals surface area contributed by atoms with Gasteiger partial charge in [0.15, 0.2) is 0 Å². The third-order valence-corrected chi connectivity index (χ3v) is 5.39. The monoisotopic (exact) mass is 412 g/mol. The first kappa shape index (κ1) is 21.0. The highest BCUT2D eigenvalue weighted by Gasteiger charge is 2.13. The minimum atomic E-state index is -0.0753. The maximum absolute atomic E-state index is 13.1. The first-order valence-electron chi connectivity index (χ1n) is 10.8. The SMILES string of the molecule is O=C(NCc1cccc(CN2CCOCC2)c1)/C(=C/c1ccccc1)c1ccccc1. The van der Waals surface area contributed by atoms with Crippen LogP contribution in [0.3, 0.4) is 0 Å². The molecule has 1 heterocycles. The first-order valence-corrected chi connectivity index (χ1v) is 10.8. The van der Waals surface area contributed by atoms with Crippen molar-refractivity contribution in [2.75, 3.05) is 26.3 Å². The van der Waals surface area contributed by atoms with E-state index in [9.17, 15) is 4.79 Å². The van der Waals surface area contributed by atoms with Crippen LogP contribution in [0.4, 0.5) is 0 Å². The van der Waals surface area contributed by atoms with Crippen LogP contribution in [-0.4, -0.2) is 37.1 Å². The van der Waals surface area contributed by atoms with Crippen LogP contribution in [0.2, 0.25) is 0 Å².